The summed E-state index contributed by atoms with van der Waals surface area (Å²) in [6.45, 7) is 8.55. The average Bonchev–Trinajstić information content (AvgIpc) is 1.47. The minimum Gasteiger partial charge on any atom is -0.496 e. The van der Waals surface area contributed by atoms with Crippen LogP contribution in [0, 0.1) is 11.3 Å². The molecule has 1 saturated carbocycles. The van der Waals surface area contributed by atoms with Crippen LogP contribution in [0.2, 0.25) is 0 Å². The summed E-state index contributed by atoms with van der Waals surface area (Å²) in [7, 11) is 6.65. The van der Waals surface area contributed by atoms with Crippen LogP contribution in [0.4, 0.5) is 22.1 Å². The van der Waals surface area contributed by atoms with Crippen LogP contribution in [0.3, 0.4) is 0 Å². The molecule has 5 aliphatic heterocycles. The molecule has 1 aliphatic carbocycles. The van der Waals surface area contributed by atoms with Crippen LogP contribution < -0.4 is 53.0 Å². The van der Waals surface area contributed by atoms with Crippen LogP contribution in [0.15, 0.2) is 83.8 Å². The van der Waals surface area contributed by atoms with Crippen LogP contribution in [-0.4, -0.2) is 273 Å². The number of nitrogens with one attached hydrogen (secondary N) is 8. The van der Waals surface area contributed by atoms with Crippen molar-refractivity contribution in [1.29, 1.82) is 0 Å². The number of piperidine rings is 1. The third-order valence-electron chi connectivity index (χ3n) is 23.0. The van der Waals surface area contributed by atoms with Crippen LogP contribution in [-0.2, 0) is 62.0 Å². The number of carbonyl (C=O) groups is 8. The number of hydrogen-bond acceptors (Lipinski definition) is 29. The van der Waals surface area contributed by atoms with E-state index in [1.54, 1.807) is 36.2 Å². The zero-order valence-corrected chi connectivity index (χ0v) is 65.6. The lowest BCUT2D eigenvalue weighted by Gasteiger charge is -2.63. The Labute approximate surface area is 662 Å². The Bertz CT molecular complexity index is 4690. The number of nitrogen functional groups attached to an aromatic ring is 1. The summed E-state index contributed by atoms with van der Waals surface area (Å²) in [5, 5.41) is 108. The van der Waals surface area contributed by atoms with Gasteiger partial charge in [0.15, 0.2) is 16.8 Å². The fourth-order valence-corrected chi connectivity index (χ4v) is 19.9. The maximum Gasteiger partial charge on any atom is 0.426 e. The van der Waals surface area contributed by atoms with Crippen molar-refractivity contribution in [3.8, 4) is 5.75 Å². The number of likely N-dealkylation sites (N-methyl/N-ethyl adjacent to an activating group) is 1. The molecule has 1 spiro atoms. The molecule has 6 aliphatic rings. The first-order valence-corrected chi connectivity index (χ1v) is 40.1. The smallest absolute Gasteiger partial charge is 0.426 e. The van der Waals surface area contributed by atoms with E-state index in [0.717, 1.165) is 50.5 Å². The van der Waals surface area contributed by atoms with E-state index >= 15 is 9.59 Å². The second-order valence-corrected chi connectivity index (χ2v) is 32.5. The van der Waals surface area contributed by atoms with Crippen molar-refractivity contribution in [3.63, 3.8) is 0 Å². The molecule has 1 unspecified atom stereocenters. The number of aliphatic hydroxyl groups is 7. The quantitative estimate of drug-likeness (QED) is 0.0104. The maximum atomic E-state index is 15.5. The first-order valence-electron chi connectivity index (χ1n) is 37.6. The van der Waals surface area contributed by atoms with E-state index in [4.69, 9.17) is 25.1 Å². The molecule has 0 radical (unpaired) electrons. The molecular formula is C76H99N15O21S2. The molecule has 12 rings (SSSR count). The Kier molecular flexibility index (Phi) is 26.3. The topological polar surface area (TPSA) is 542 Å². The molecule has 16 atom stereocenters. The normalized spacial score (nSPS) is 26.1. The number of methoxy groups -OCH3 is 2. The van der Waals surface area contributed by atoms with Gasteiger partial charge in [-0.05, 0) is 105 Å². The van der Waals surface area contributed by atoms with E-state index in [-0.39, 0.29) is 60.5 Å². The first-order chi connectivity index (χ1) is 54.3. The number of rotatable bonds is 28. The Morgan fingerprint density at radius 1 is 0.851 bits per heavy atom. The largest absolute Gasteiger partial charge is 0.496 e. The number of nitrogens with zero attached hydrogens (tertiary/aromatic N) is 6. The molecule has 38 heteroatoms. The van der Waals surface area contributed by atoms with Crippen molar-refractivity contribution < 1.29 is 98.5 Å². The number of hydrogen-bond donors (Lipinski definition) is 18. The van der Waals surface area contributed by atoms with Gasteiger partial charge in [-0.25, -0.2) is 29.8 Å². The van der Waals surface area contributed by atoms with E-state index in [0.29, 0.717) is 111 Å². The zero-order chi connectivity index (χ0) is 82.5. The van der Waals surface area contributed by atoms with E-state index in [1.165, 1.54) is 20.4 Å². The number of amides is 5. The lowest BCUT2D eigenvalue weighted by atomic mass is 9.47. The summed E-state index contributed by atoms with van der Waals surface area (Å²) in [6, 6.07) is 12.2. The van der Waals surface area contributed by atoms with Gasteiger partial charge in [-0.2, -0.15) is 4.98 Å². The molecule has 114 heavy (non-hydrogen) atoms. The highest BCUT2D eigenvalue weighted by Gasteiger charge is 2.79. The lowest BCUT2D eigenvalue weighted by molar-refractivity contribution is -0.204. The van der Waals surface area contributed by atoms with E-state index in [9.17, 15) is 74.4 Å². The van der Waals surface area contributed by atoms with Crippen molar-refractivity contribution in [3.05, 3.63) is 123 Å². The van der Waals surface area contributed by atoms with Gasteiger partial charge < -0.3 is 97.1 Å². The molecule has 3 aromatic heterocycles. The Morgan fingerprint density at radius 2 is 1.59 bits per heavy atom. The second kappa shape index (κ2) is 35.2. The Hall–Kier alpha value is -9.74. The van der Waals surface area contributed by atoms with Gasteiger partial charge in [0.05, 0.1) is 50.9 Å². The van der Waals surface area contributed by atoms with Gasteiger partial charge in [-0.3, -0.25) is 49.0 Å². The monoisotopic (exact) mass is 1620 g/mol. The standard InChI is InChI=1S/C57H78N8O17S2.C19H21N7O4/c1-7-53(78)24-31-25-56(51(76)81-6,44-33(14-18-64(26-31)29-53)32-12-9-10-13-36(32)59-44)35-22-34-38(23-40(35)80-5)63(4)48-55(34)16-19-65-17-11-15-54(8-2,47(55)65)49(74)57(48,79)50(75)61-62-52(77)82-20-21-83-84-28-37(46(72)73)60-45(71)41(58-30(3)67)43(70)42(69)39(68)27-66;1-2-3-13(18(29)30)24-16(27)10-4-6-11(7-5-10)21-8-12-9-22-15-14(23-12)17(28)26-19(20)25-15/h9-13,15,22-23,31,37,39,41-43,47-49,59,66,68-70,74,78-79H,7-8,14,16-21,24-29H2,1-6H3,(H,58,67)(H,60,71)(H,61,75)(H,62,77)(H,72,73);4-7,9,13,21H,2-3,8H2,1H3,(H,24,27)(H,29,30)(H3,20,22,25,26,28)/t31-,37+,39-,41+,42-,43-,47+,48-,49-,53+,54-,55-,56+,57+;13-/m10/s1. The number of aliphatic hydroxyl groups excluding tert-OH is 5. The lowest BCUT2D eigenvalue weighted by Crippen LogP contribution is -2.82. The molecule has 3 aromatic carbocycles. The number of esters is 1. The van der Waals surface area contributed by atoms with E-state index in [2.05, 4.69) is 66.8 Å². The van der Waals surface area contributed by atoms with E-state index < -0.39 is 142 Å². The van der Waals surface area contributed by atoms with Crippen molar-refractivity contribution in [2.45, 2.75) is 162 Å². The minimum absolute atomic E-state index is 0.0267. The van der Waals surface area contributed by atoms with Gasteiger partial charge in [0.25, 0.3) is 17.4 Å². The second-order valence-electron chi connectivity index (χ2n) is 29.8. The maximum absolute atomic E-state index is 15.5. The first kappa shape index (κ1) is 85.2. The summed E-state index contributed by atoms with van der Waals surface area (Å²) in [6.07, 6.45) is -0.220. The number of carboxylic acids is 2. The highest BCUT2D eigenvalue weighted by atomic mass is 33.1. The summed E-state index contributed by atoms with van der Waals surface area (Å²) in [4.78, 5) is 141. The van der Waals surface area contributed by atoms with Gasteiger partial charge in [0, 0.05) is 114 Å². The molecule has 6 aromatic rings. The minimum atomic E-state index is -2.65. The molecule has 8 heterocycles. The van der Waals surface area contributed by atoms with Crippen LogP contribution in [0.25, 0.3) is 22.1 Å². The molecule has 36 nitrogen and oxygen atoms in total. The number of carbonyl (C=O) groups excluding carboxylic acids is 6. The Morgan fingerprint density at radius 3 is 2.26 bits per heavy atom. The number of fused-ring (bicyclic) bond motifs is 7. The van der Waals surface area contributed by atoms with Crippen LogP contribution in [0.1, 0.15) is 111 Å². The number of ether oxygens (including phenoxy) is 3. The average molecular weight is 1620 g/mol. The van der Waals surface area contributed by atoms with Gasteiger partial charge >= 0.3 is 24.0 Å². The SMILES string of the molecule is CCC[C@H](NC(=O)c1ccc(NCc2cnc3nc(N)[nH]c(=O)c3n2)cc1)C(=O)O.CC[C@]1(O)C[C@H]2CN(CCc3c([nH]c4ccccc34)[C@@](C(=O)OC)(c3cc4c(cc3OC)N(C)[C@H]3[C@@](O)(C(=O)NNC(=O)OCCSSC[C@H](NC(=O)[C@@H](NC(C)=O)[C@@H](O)[C@H](O)[C@H](O)CO)C(=O)O)[C@H](O)[C@]5(CC)C=CCN6CC[C@]43[C@@H]65)C2)C1. The number of benzene rings is 3. The summed E-state index contributed by atoms with van der Waals surface area (Å²) >= 11 is 0. The van der Waals surface area contributed by atoms with Gasteiger partial charge in [-0.15, -0.1) is 0 Å². The number of para-hydroxylation sites is 1. The van der Waals surface area contributed by atoms with Crippen molar-refractivity contribution in [2.24, 2.45) is 11.3 Å². The number of aromatic amines is 2. The molecular weight excluding hydrogens is 1520 g/mol. The van der Waals surface area contributed by atoms with E-state index in [1.807, 2.05) is 69.3 Å². The van der Waals surface area contributed by atoms with Crippen molar-refractivity contribution in [2.75, 3.05) is 94.7 Å². The van der Waals surface area contributed by atoms with Crippen molar-refractivity contribution >= 4 is 109 Å². The van der Waals surface area contributed by atoms with Crippen molar-refractivity contribution in [1.82, 2.24) is 61.5 Å². The number of H-pyrrole nitrogens is 2. The predicted molar refractivity (Wildman–Crippen MR) is 419 cm³/mol. The summed E-state index contributed by atoms with van der Waals surface area (Å²) in [5.74, 6) is -6.77. The molecule has 5 amide bonds. The number of hydrazine groups is 1. The van der Waals surface area contributed by atoms with Gasteiger partial charge in [0.2, 0.25) is 17.8 Å². The van der Waals surface area contributed by atoms with Gasteiger partial charge in [0.1, 0.15) is 60.3 Å². The number of nitrogens with two attached hydrogens (primary N) is 1. The predicted octanol–water partition coefficient (Wildman–Crippen LogP) is 0.426. The third-order valence-corrected chi connectivity index (χ3v) is 25.4. The number of anilines is 3. The molecule has 19 N–H and O–H groups in total. The molecule has 2 saturated heterocycles. The fourth-order valence-electron chi connectivity index (χ4n) is 17.9. The fraction of sp³-hybridized carbons (Fsp3) is 0.526. The van der Waals surface area contributed by atoms with Crippen LogP contribution >= 0.6 is 21.6 Å². The molecule has 2 bridgehead atoms. The molecule has 616 valence electrons. The zero-order valence-electron chi connectivity index (χ0n) is 64.0. The highest BCUT2D eigenvalue weighted by Crippen LogP contribution is 2.68. The molecule has 3 fully saturated rings. The van der Waals surface area contributed by atoms with Crippen LogP contribution in [0.5, 0.6) is 5.75 Å². The highest BCUT2D eigenvalue weighted by molar-refractivity contribution is 8.76. The third kappa shape index (κ3) is 16.3. The summed E-state index contributed by atoms with van der Waals surface area (Å²) < 4.78 is 17.7. The summed E-state index contributed by atoms with van der Waals surface area (Å²) in [5.41, 5.74) is 8.11. The Balaban J connectivity index is 0.000000356. The number of aromatic nitrogens is 5. The van der Waals surface area contributed by atoms with Gasteiger partial charge in [-0.1, -0.05) is 79.1 Å². The number of carboxylic acid groups (broad SMARTS) is 2. The number of aliphatic carboxylic acids is 2.